The van der Waals surface area contributed by atoms with E-state index in [4.69, 9.17) is 0 Å². The minimum Gasteiger partial charge on any atom is -0.322 e. The first-order chi connectivity index (χ1) is 17.7. The molecule has 4 saturated carbocycles. The van der Waals surface area contributed by atoms with Crippen LogP contribution >= 0.6 is 15.9 Å². The van der Waals surface area contributed by atoms with Crippen LogP contribution in [0.3, 0.4) is 0 Å². The van der Waals surface area contributed by atoms with Gasteiger partial charge in [-0.3, -0.25) is 9.52 Å². The molecule has 4 aliphatic rings. The molecule has 4 aliphatic carbocycles. The average molecular weight is 580 g/mol. The third-order valence-corrected chi connectivity index (χ3v) is 10.7. The zero-order chi connectivity index (χ0) is 25.8. The lowest BCUT2D eigenvalue weighted by molar-refractivity contribution is -0.00518. The van der Waals surface area contributed by atoms with Crippen LogP contribution in [0.25, 0.3) is 0 Å². The smallest absolute Gasteiger partial charge is 0.262 e. The van der Waals surface area contributed by atoms with Crippen LogP contribution in [0.2, 0.25) is 0 Å². The Morgan fingerprint density at radius 3 is 2.00 bits per heavy atom. The highest BCUT2D eigenvalue weighted by Crippen LogP contribution is 2.60. The van der Waals surface area contributed by atoms with Crippen molar-refractivity contribution < 1.29 is 13.2 Å². The summed E-state index contributed by atoms with van der Waals surface area (Å²) in [5.74, 6) is 2.22. The van der Waals surface area contributed by atoms with E-state index in [1.807, 2.05) is 24.3 Å². The molecule has 0 spiro atoms. The van der Waals surface area contributed by atoms with Gasteiger partial charge in [-0.1, -0.05) is 34.1 Å². The van der Waals surface area contributed by atoms with Gasteiger partial charge in [0.25, 0.3) is 15.9 Å². The van der Waals surface area contributed by atoms with Gasteiger partial charge in [-0.2, -0.15) is 0 Å². The third kappa shape index (κ3) is 4.84. The van der Waals surface area contributed by atoms with Crippen molar-refractivity contribution in [2.45, 2.75) is 55.8 Å². The molecule has 5 nitrogen and oxygen atoms in total. The minimum atomic E-state index is -3.87. The summed E-state index contributed by atoms with van der Waals surface area (Å²) in [4.78, 5) is 12.9. The molecule has 7 heteroatoms. The summed E-state index contributed by atoms with van der Waals surface area (Å²) < 4.78 is 30.3. The van der Waals surface area contributed by atoms with E-state index in [1.165, 1.54) is 50.2 Å². The molecular weight excluding hydrogens is 548 g/mol. The second-order valence-corrected chi connectivity index (χ2v) is 13.9. The Labute approximate surface area is 227 Å². The third-order valence-electron chi connectivity index (χ3n) is 8.63. The molecule has 0 radical (unpaired) electrons. The predicted octanol–water partition coefficient (Wildman–Crippen LogP) is 7.28. The van der Waals surface area contributed by atoms with E-state index >= 15 is 0 Å². The van der Waals surface area contributed by atoms with Crippen molar-refractivity contribution in [2.24, 2.45) is 17.8 Å². The molecule has 1 amide bonds. The summed E-state index contributed by atoms with van der Waals surface area (Å²) in [7, 11) is -3.87. The second-order valence-electron chi connectivity index (χ2n) is 11.3. The maximum absolute atomic E-state index is 13.4. The van der Waals surface area contributed by atoms with Crippen LogP contribution in [0, 0.1) is 24.7 Å². The molecule has 0 atom stereocenters. The van der Waals surface area contributed by atoms with Gasteiger partial charge in [0.05, 0.1) is 4.90 Å². The van der Waals surface area contributed by atoms with Crippen molar-refractivity contribution in [3.63, 3.8) is 0 Å². The van der Waals surface area contributed by atoms with E-state index in [0.29, 0.717) is 16.9 Å². The lowest BCUT2D eigenvalue weighted by atomic mass is 9.48. The van der Waals surface area contributed by atoms with Gasteiger partial charge < -0.3 is 5.32 Å². The standard InChI is InChI=1S/C30H31BrN2O3S/c1-19-2-3-23(29(34)32-26-10-6-25(31)7-11-26)15-28(19)37(35,36)33-27-8-4-24(5-9-27)30-16-20-12-21(17-30)14-22(13-20)18-30/h2-11,15,20-22,33H,12-14,16-18H2,1H3,(H,32,34). The van der Waals surface area contributed by atoms with E-state index < -0.39 is 10.0 Å². The fraction of sp³-hybridized carbons (Fsp3) is 0.367. The Morgan fingerprint density at radius 1 is 0.838 bits per heavy atom. The number of carbonyl (C=O) groups is 1. The highest BCUT2D eigenvalue weighted by Gasteiger charge is 2.51. The largest absolute Gasteiger partial charge is 0.322 e. The van der Waals surface area contributed by atoms with Crippen LogP contribution < -0.4 is 10.0 Å². The molecule has 0 aromatic heterocycles. The van der Waals surface area contributed by atoms with Crippen molar-refractivity contribution in [2.75, 3.05) is 10.0 Å². The van der Waals surface area contributed by atoms with Crippen LogP contribution in [-0.2, 0) is 15.4 Å². The Bertz CT molecular complexity index is 1410. The summed E-state index contributed by atoms with van der Waals surface area (Å²) in [6.45, 7) is 1.74. The zero-order valence-electron chi connectivity index (χ0n) is 20.8. The first kappa shape index (κ1) is 24.7. The number of hydrogen-bond donors (Lipinski definition) is 2. The van der Waals surface area contributed by atoms with Gasteiger partial charge in [0, 0.05) is 21.4 Å². The highest BCUT2D eigenvalue weighted by molar-refractivity contribution is 9.10. The van der Waals surface area contributed by atoms with Crippen LogP contribution in [0.4, 0.5) is 11.4 Å². The number of aryl methyl sites for hydroxylation is 1. The van der Waals surface area contributed by atoms with Gasteiger partial charge >= 0.3 is 0 Å². The predicted molar refractivity (Wildman–Crippen MR) is 150 cm³/mol. The van der Waals surface area contributed by atoms with Gasteiger partial charge in [0.15, 0.2) is 0 Å². The molecule has 3 aromatic rings. The normalized spacial score (nSPS) is 26.2. The molecule has 37 heavy (non-hydrogen) atoms. The number of carbonyl (C=O) groups excluding carboxylic acids is 1. The molecule has 4 fully saturated rings. The molecule has 0 unspecified atom stereocenters. The fourth-order valence-electron chi connectivity index (χ4n) is 7.33. The van der Waals surface area contributed by atoms with Gasteiger partial charge in [-0.15, -0.1) is 0 Å². The number of benzene rings is 3. The maximum atomic E-state index is 13.4. The highest BCUT2D eigenvalue weighted by atomic mass is 79.9. The average Bonchev–Trinajstić information content (AvgIpc) is 2.85. The van der Waals surface area contributed by atoms with Gasteiger partial charge in [-0.05, 0) is 128 Å². The van der Waals surface area contributed by atoms with E-state index in [1.54, 1.807) is 31.2 Å². The summed E-state index contributed by atoms with van der Waals surface area (Å²) >= 11 is 3.38. The number of nitrogens with one attached hydrogen (secondary N) is 2. The molecule has 4 bridgehead atoms. The van der Waals surface area contributed by atoms with Crippen LogP contribution in [-0.4, -0.2) is 14.3 Å². The summed E-state index contributed by atoms with van der Waals surface area (Å²) in [5, 5.41) is 2.82. The van der Waals surface area contributed by atoms with E-state index in [-0.39, 0.29) is 21.8 Å². The van der Waals surface area contributed by atoms with Crippen LogP contribution in [0.1, 0.15) is 60.0 Å². The van der Waals surface area contributed by atoms with Crippen LogP contribution in [0.5, 0.6) is 0 Å². The number of halogens is 1. The zero-order valence-corrected chi connectivity index (χ0v) is 23.2. The topological polar surface area (TPSA) is 75.3 Å². The van der Waals surface area contributed by atoms with Crippen molar-refractivity contribution >= 4 is 43.2 Å². The number of sulfonamides is 1. The molecule has 192 valence electrons. The van der Waals surface area contributed by atoms with Crippen molar-refractivity contribution in [3.8, 4) is 0 Å². The SMILES string of the molecule is Cc1ccc(C(=O)Nc2ccc(Br)cc2)cc1S(=O)(=O)Nc1ccc(C23CC4CC(CC(C4)C2)C3)cc1. The Kier molecular flexibility index (Phi) is 6.19. The summed E-state index contributed by atoms with van der Waals surface area (Å²) in [6, 6.07) is 20.0. The molecule has 0 saturated heterocycles. The first-order valence-corrected chi connectivity index (χ1v) is 15.3. The monoisotopic (exact) mass is 578 g/mol. The second kappa shape index (κ2) is 9.28. The minimum absolute atomic E-state index is 0.0983. The molecule has 3 aromatic carbocycles. The fourth-order valence-corrected chi connectivity index (χ4v) is 8.93. The first-order valence-electron chi connectivity index (χ1n) is 13.0. The molecular formula is C30H31BrN2O3S. The van der Waals surface area contributed by atoms with Gasteiger partial charge in [-0.25, -0.2) is 8.42 Å². The van der Waals surface area contributed by atoms with E-state index in [9.17, 15) is 13.2 Å². The summed E-state index contributed by atoms with van der Waals surface area (Å²) in [5.41, 5.74) is 3.67. The number of hydrogen-bond acceptors (Lipinski definition) is 3. The van der Waals surface area contributed by atoms with Gasteiger partial charge in [0.2, 0.25) is 0 Å². The molecule has 0 heterocycles. The number of amides is 1. The van der Waals surface area contributed by atoms with Crippen molar-refractivity contribution in [3.05, 3.63) is 87.9 Å². The Morgan fingerprint density at radius 2 is 1.41 bits per heavy atom. The quantitative estimate of drug-likeness (QED) is 0.322. The number of rotatable bonds is 6. The summed E-state index contributed by atoms with van der Waals surface area (Å²) in [6.07, 6.45) is 8.03. The molecule has 2 N–H and O–H groups in total. The van der Waals surface area contributed by atoms with Crippen molar-refractivity contribution in [1.29, 1.82) is 0 Å². The lowest BCUT2D eigenvalue weighted by Crippen LogP contribution is -2.48. The van der Waals surface area contributed by atoms with E-state index in [2.05, 4.69) is 38.1 Å². The maximum Gasteiger partial charge on any atom is 0.262 e. The van der Waals surface area contributed by atoms with Crippen LogP contribution in [0.15, 0.2) is 76.1 Å². The van der Waals surface area contributed by atoms with Gasteiger partial charge in [0.1, 0.15) is 0 Å². The Balaban J connectivity index is 1.20. The molecule has 0 aliphatic heterocycles. The molecule has 7 rings (SSSR count). The van der Waals surface area contributed by atoms with E-state index in [0.717, 1.165) is 22.2 Å². The lowest BCUT2D eigenvalue weighted by Gasteiger charge is -2.57. The Hall–Kier alpha value is -2.64. The van der Waals surface area contributed by atoms with Crippen molar-refractivity contribution in [1.82, 2.24) is 0 Å². The number of anilines is 2.